The quantitative estimate of drug-likeness (QED) is 0.0571. The fourth-order valence-electron chi connectivity index (χ4n) is 23.9. The lowest BCUT2D eigenvalue weighted by Crippen LogP contribution is -2.79. The number of halogens is 3. The Morgan fingerprint density at radius 1 is 0.233 bits per heavy atom. The van der Waals surface area contributed by atoms with Crippen molar-refractivity contribution >= 4 is 151 Å². The molecule has 0 radical (unpaired) electrons. The molecule has 4 aliphatic heterocycles. The lowest BCUT2D eigenvalue weighted by atomic mass is 9.20. The van der Waals surface area contributed by atoms with Gasteiger partial charge in [0.1, 0.15) is 17.5 Å². The summed E-state index contributed by atoms with van der Waals surface area (Å²) in [6.45, 7) is 6.02. The number of aryl methyl sites for hydroxylation is 1. The van der Waals surface area contributed by atoms with Crippen LogP contribution in [0.15, 0.2) is 394 Å². The van der Waals surface area contributed by atoms with Crippen molar-refractivity contribution < 1.29 is 45.5 Å². The number of hydrogen-bond donors (Lipinski definition) is 0. The van der Waals surface area contributed by atoms with Gasteiger partial charge in [-0.25, -0.2) is 13.2 Å². The second-order valence-electron chi connectivity index (χ2n) is 38.9. The third-order valence-corrected chi connectivity index (χ3v) is 30.3. The van der Waals surface area contributed by atoms with E-state index in [1.165, 1.54) is 165 Å². The minimum atomic E-state index is -1.84. The predicted octanol–water partition coefficient (Wildman–Crippen LogP) is 20.5. The molecule has 16 aromatic rings. The summed E-state index contributed by atoms with van der Waals surface area (Å²) in [5.74, 6) is -0.889. The summed E-state index contributed by atoms with van der Waals surface area (Å²) in [5.41, 5.74) is 19.8. The zero-order valence-corrected chi connectivity index (χ0v) is 76.7. The molecule has 0 bridgehead atoms. The van der Waals surface area contributed by atoms with Crippen LogP contribution in [0.4, 0.5) is 30.2 Å². The van der Waals surface area contributed by atoms with Crippen molar-refractivity contribution in [2.75, 3.05) is 82.6 Å². The molecule has 664 valence electrons. The Morgan fingerprint density at radius 3 is 0.752 bits per heavy atom. The number of fused-ring (bicyclic) bond motifs is 4. The molecule has 0 saturated heterocycles. The van der Waals surface area contributed by atoms with E-state index in [0.717, 1.165) is 105 Å². The molecule has 0 fully saturated rings. The summed E-state index contributed by atoms with van der Waals surface area (Å²) < 4.78 is 44.2. The van der Waals surface area contributed by atoms with Gasteiger partial charge in [-0.2, -0.15) is 0 Å². The summed E-state index contributed by atoms with van der Waals surface area (Å²) in [4.78, 5) is 32.5. The van der Waals surface area contributed by atoms with E-state index in [4.69, 9.17) is 0 Å². The van der Waals surface area contributed by atoms with E-state index >= 15 is 0 Å². The summed E-state index contributed by atoms with van der Waals surface area (Å²) in [7, 11) is 18.2. The highest BCUT2D eigenvalue weighted by Crippen LogP contribution is 2.44. The average molecular weight is 1760 g/mol. The van der Waals surface area contributed by atoms with Crippen LogP contribution in [0, 0.1) is 54.7 Å². The molecule has 20 heteroatoms. The molecule has 16 aromatic carbocycles. The lowest BCUT2D eigenvalue weighted by molar-refractivity contribution is -0.786. The first kappa shape index (κ1) is 90.5. The van der Waals surface area contributed by atoms with Crippen LogP contribution in [0.1, 0.15) is 53.5 Å². The molecule has 133 heavy (non-hydrogen) atoms. The minimum absolute atomic E-state index is 0.0253. The van der Waals surface area contributed by atoms with E-state index < -0.39 is 39.9 Å². The summed E-state index contributed by atoms with van der Waals surface area (Å²) in [6.07, 6.45) is 7.12. The Balaban J connectivity index is 0.000000124. The lowest BCUT2D eigenvalue weighted by Gasteiger charge is -2.60. The van der Waals surface area contributed by atoms with Crippen molar-refractivity contribution in [2.24, 2.45) is 0 Å². The number of nitro groups is 3. The largest absolute Gasteiger partial charge is 0.509 e. The van der Waals surface area contributed by atoms with Gasteiger partial charge in [0.2, 0.25) is 0 Å². The van der Waals surface area contributed by atoms with Gasteiger partial charge in [-0.3, -0.25) is 30.3 Å². The third kappa shape index (κ3) is 16.6. The molecule has 13 nitrogen and oxygen atoms in total. The normalized spacial score (nSPS) is 17.6. The van der Waals surface area contributed by atoms with Crippen LogP contribution in [-0.4, -0.2) is 140 Å². The van der Waals surface area contributed by atoms with Crippen LogP contribution in [0.25, 0.3) is 65.0 Å². The average Bonchev–Trinajstić information content (AvgIpc) is 0.733. The predicted molar refractivity (Wildman–Crippen MR) is 550 cm³/mol. The van der Waals surface area contributed by atoms with Gasteiger partial charge >= 0.3 is 0 Å². The van der Waals surface area contributed by atoms with Crippen molar-refractivity contribution in [3.63, 3.8) is 0 Å². The number of quaternary nitrogens is 4. The van der Waals surface area contributed by atoms with Gasteiger partial charge in [-0.05, 0) is 86.4 Å². The van der Waals surface area contributed by atoms with Gasteiger partial charge in [0, 0.05) is 145 Å². The summed E-state index contributed by atoms with van der Waals surface area (Å²) in [5, 5.41) is 44.2. The highest BCUT2D eigenvalue weighted by Gasteiger charge is 2.54. The van der Waals surface area contributed by atoms with Crippen molar-refractivity contribution in [2.45, 2.75) is 32.6 Å². The topological polar surface area (TPSA) is 129 Å². The molecule has 1 atom stereocenters. The number of hydrogen-bond acceptors (Lipinski definition) is 6. The second-order valence-corrected chi connectivity index (χ2v) is 38.9. The van der Waals surface area contributed by atoms with Crippen molar-refractivity contribution in [3.05, 3.63) is 470 Å². The first-order chi connectivity index (χ1) is 64.0. The number of nitro benzene ring substituents is 3. The molecule has 0 spiro atoms. The molecular weight excluding hydrogens is 1650 g/mol. The fraction of sp³-hybridized carbons (Fsp3) is 0.150. The molecule has 0 amide bonds. The van der Waals surface area contributed by atoms with E-state index in [-0.39, 0.29) is 34.5 Å². The van der Waals surface area contributed by atoms with Crippen molar-refractivity contribution in [1.82, 2.24) is 0 Å². The Kier molecular flexibility index (Phi) is 25.0. The van der Waals surface area contributed by atoms with E-state index in [2.05, 4.69) is 312 Å². The van der Waals surface area contributed by atoms with Crippen molar-refractivity contribution in [3.8, 4) is 0 Å². The van der Waals surface area contributed by atoms with Crippen LogP contribution in [0.5, 0.6) is 0 Å². The molecule has 1 unspecified atom stereocenters. The molecular formula is C113H108B4F3N7O6. The molecule has 0 saturated carbocycles. The smallest absolute Gasteiger partial charge is 0.291 e. The Labute approximate surface area is 776 Å². The minimum Gasteiger partial charge on any atom is -0.509 e. The van der Waals surface area contributed by atoms with Gasteiger partial charge in [0.05, 0.1) is 14.8 Å². The Morgan fingerprint density at radius 2 is 0.444 bits per heavy atom. The zero-order valence-electron chi connectivity index (χ0n) is 76.7. The first-order valence-electron chi connectivity index (χ1n) is 45.9. The van der Waals surface area contributed by atoms with E-state index in [1.54, 1.807) is 48.5 Å². The fourth-order valence-corrected chi connectivity index (χ4v) is 23.9. The summed E-state index contributed by atoms with van der Waals surface area (Å²) >= 11 is 0. The van der Waals surface area contributed by atoms with Crippen molar-refractivity contribution in [1.29, 1.82) is 0 Å². The van der Waals surface area contributed by atoms with E-state index in [1.807, 2.05) is 24.3 Å². The van der Waals surface area contributed by atoms with Crippen LogP contribution in [-0.2, 0) is 0 Å². The van der Waals surface area contributed by atoms with E-state index in [9.17, 15) is 43.5 Å². The van der Waals surface area contributed by atoms with Gasteiger partial charge in [0.25, 0.3) is 42.2 Å². The van der Waals surface area contributed by atoms with Crippen LogP contribution in [0.3, 0.4) is 0 Å². The molecule has 0 N–H and O–H groups in total. The monoisotopic (exact) mass is 1760 g/mol. The maximum atomic E-state index is 13.8. The maximum Gasteiger partial charge on any atom is 0.291 e. The highest BCUT2D eigenvalue weighted by atomic mass is 19.1. The van der Waals surface area contributed by atoms with Gasteiger partial charge < -0.3 is 17.6 Å². The molecule has 4 heterocycles. The Hall–Kier alpha value is -14.4. The van der Waals surface area contributed by atoms with Crippen LogP contribution < -0.4 is 43.7 Å². The number of rotatable bonds is 15. The zero-order chi connectivity index (χ0) is 93.2. The standard InChI is InChI=1S/C36H32BN.C29H30BN.C24H23BF3N.C24H23BN4O6/c1-38(2)23-9-16-36(33-18-17-27-10-3-6-13-30(27)24-33)37(38,34-21-19-28-11-4-7-14-31(28)25-34)35-22-20-29-12-5-8-15-32(29)26-35;1-23-15-19-28(20-16-23)30(27-12-5-4-6-13-27)29(14-9-21-31(30,2)3)26-18-17-24-10-7-8-11-25(24)22-26;1-29(2)17-3-4-24(18-5-11-21(26)12-6-18)25(29,19-7-13-22(27)14-8-19)20-9-15-23(28)16-10-20;1-29(2)17-3-4-24(18-5-11-21(12-6-18)26(30)31)25(29,19-7-13-22(14-8-19)27(32)33)20-9-15-23(16-10-20)28(34)35/h3-8,10-22,24-26H,9,23H2,1-2H3;4-8,10-20,22H,9,21H2,1-3H3;4-16H,3,17H2,1-2H3;4-16H,3,17H2,1-2H3. The molecule has 0 aromatic heterocycles. The van der Waals surface area contributed by atoms with Gasteiger partial charge in [-0.15, -0.1) is 89.9 Å². The molecule has 0 aliphatic carbocycles. The number of benzene rings is 16. The van der Waals surface area contributed by atoms with Gasteiger partial charge in [0.15, 0.2) is 0 Å². The Bertz CT molecular complexity index is 7040. The molecule has 20 rings (SSSR count). The number of nitrogens with zero attached hydrogens (tertiary/aromatic N) is 7. The SMILES string of the molecule is C[N+]1(C)CCC=C(c2ccc(F)cc2)[B-]1(c1ccc(F)cc1)c1ccc(F)cc1.C[N+]1(C)CCC=C(c2ccc([N+](=O)[O-])cc2)[B-]1(c1ccc([N+](=O)[O-])cc1)c1ccc([N+](=O)[O-])cc1.C[N+]1(C)CCC=C(c2ccc3ccccc3c2)[B-]1(c1ccc2ccccc2c1)c1ccc2ccccc2c1.Cc1ccc([B-]2(c3ccccc3)C(c3ccc4ccccc4c3)=CCC[N+]2(C)C)cc1. The molecule has 4 aliphatic rings. The van der Waals surface area contributed by atoms with Crippen LogP contribution >= 0.6 is 0 Å². The first-order valence-corrected chi connectivity index (χ1v) is 45.9. The van der Waals surface area contributed by atoms with Gasteiger partial charge in [-0.1, -0.05) is 325 Å². The summed E-state index contributed by atoms with van der Waals surface area (Å²) in [6, 6.07) is 123. The maximum absolute atomic E-state index is 13.8. The van der Waals surface area contributed by atoms with E-state index in [0.29, 0.717) is 8.79 Å². The third-order valence-electron chi connectivity index (χ3n) is 30.3. The second kappa shape index (κ2) is 36.7. The highest BCUT2D eigenvalue weighted by molar-refractivity contribution is 7.12. The number of non-ortho nitro benzene ring substituents is 3. The van der Waals surface area contributed by atoms with Crippen LogP contribution in [0.2, 0.25) is 0 Å².